The maximum atomic E-state index is 12.9. The van der Waals surface area contributed by atoms with Gasteiger partial charge in [-0.1, -0.05) is 48.0 Å². The summed E-state index contributed by atoms with van der Waals surface area (Å²) < 4.78 is 12.9. The second-order valence-electron chi connectivity index (χ2n) is 3.71. The first-order chi connectivity index (χ1) is 8.16. The van der Waals surface area contributed by atoms with Gasteiger partial charge in [0.1, 0.15) is 5.82 Å². The minimum atomic E-state index is -0.470. The first-order valence-electron chi connectivity index (χ1n) is 5.19. The molecule has 3 heteroatoms. The summed E-state index contributed by atoms with van der Waals surface area (Å²) in [6, 6.07) is 13.3. The van der Waals surface area contributed by atoms with E-state index in [1.54, 1.807) is 18.2 Å². The number of benzene rings is 2. The molecule has 2 aromatic carbocycles. The molecule has 2 aromatic rings. The number of carbonyl (C=O) groups excluding carboxylic acids is 1. The molecule has 0 aliphatic heterocycles. The zero-order valence-corrected chi connectivity index (χ0v) is 9.75. The Morgan fingerprint density at radius 3 is 2.47 bits per heavy atom. The minimum Gasteiger partial charge on any atom is -0.294 e. The van der Waals surface area contributed by atoms with Gasteiger partial charge in [0.05, 0.1) is 5.02 Å². The quantitative estimate of drug-likeness (QED) is 0.753. The van der Waals surface area contributed by atoms with Crippen molar-refractivity contribution in [1.29, 1.82) is 0 Å². The number of Topliss-reactive ketones (excluding diaryl/α,β-unsaturated/α-hetero) is 1. The van der Waals surface area contributed by atoms with Gasteiger partial charge in [-0.05, 0) is 17.7 Å². The van der Waals surface area contributed by atoms with Crippen LogP contribution in [0.4, 0.5) is 4.39 Å². The summed E-state index contributed by atoms with van der Waals surface area (Å²) in [4.78, 5) is 11.9. The fraction of sp³-hybridized carbons (Fsp3) is 0.0714. The molecule has 0 saturated carbocycles. The van der Waals surface area contributed by atoms with Gasteiger partial charge in [0.25, 0.3) is 0 Å². The van der Waals surface area contributed by atoms with Crippen LogP contribution in [0.3, 0.4) is 0 Å². The SMILES string of the molecule is O=C(Cc1ccc(F)c(Cl)c1)c1ccccc1. The number of hydrogen-bond acceptors (Lipinski definition) is 1. The molecule has 0 atom stereocenters. The van der Waals surface area contributed by atoms with Gasteiger partial charge < -0.3 is 0 Å². The van der Waals surface area contributed by atoms with E-state index in [4.69, 9.17) is 11.6 Å². The Labute approximate surface area is 104 Å². The maximum Gasteiger partial charge on any atom is 0.167 e. The average molecular weight is 249 g/mol. The minimum absolute atomic E-state index is 0.00623. The highest BCUT2D eigenvalue weighted by Crippen LogP contribution is 2.17. The summed E-state index contributed by atoms with van der Waals surface area (Å²) in [7, 11) is 0. The third-order valence-corrected chi connectivity index (χ3v) is 2.73. The van der Waals surface area contributed by atoms with Gasteiger partial charge in [0.2, 0.25) is 0 Å². The van der Waals surface area contributed by atoms with Gasteiger partial charge in [-0.25, -0.2) is 4.39 Å². The van der Waals surface area contributed by atoms with E-state index in [-0.39, 0.29) is 17.2 Å². The molecule has 0 radical (unpaired) electrons. The van der Waals surface area contributed by atoms with Crippen molar-refractivity contribution in [3.05, 3.63) is 70.5 Å². The fourth-order valence-electron chi connectivity index (χ4n) is 1.56. The number of ketones is 1. The topological polar surface area (TPSA) is 17.1 Å². The predicted molar refractivity (Wildman–Crippen MR) is 65.9 cm³/mol. The van der Waals surface area contributed by atoms with Gasteiger partial charge in [0, 0.05) is 12.0 Å². The van der Waals surface area contributed by atoms with Gasteiger partial charge in [-0.2, -0.15) is 0 Å². The highest BCUT2D eigenvalue weighted by atomic mass is 35.5. The summed E-state index contributed by atoms with van der Waals surface area (Å²) in [6.45, 7) is 0. The van der Waals surface area contributed by atoms with Crippen LogP contribution in [0.1, 0.15) is 15.9 Å². The molecule has 0 aliphatic rings. The van der Waals surface area contributed by atoms with Gasteiger partial charge in [-0.3, -0.25) is 4.79 Å². The third-order valence-electron chi connectivity index (χ3n) is 2.44. The summed E-state index contributed by atoms with van der Waals surface area (Å²) in [5.74, 6) is -0.476. The molecule has 0 heterocycles. The van der Waals surface area contributed by atoms with Crippen molar-refractivity contribution in [2.24, 2.45) is 0 Å². The van der Waals surface area contributed by atoms with Crippen molar-refractivity contribution in [2.75, 3.05) is 0 Å². The lowest BCUT2D eigenvalue weighted by Crippen LogP contribution is -2.03. The normalized spacial score (nSPS) is 10.2. The number of carbonyl (C=O) groups is 1. The zero-order valence-electron chi connectivity index (χ0n) is 8.99. The Hall–Kier alpha value is -1.67. The van der Waals surface area contributed by atoms with Crippen molar-refractivity contribution in [2.45, 2.75) is 6.42 Å². The lowest BCUT2D eigenvalue weighted by molar-refractivity contribution is 0.0993. The number of rotatable bonds is 3. The molecular weight excluding hydrogens is 239 g/mol. The maximum absolute atomic E-state index is 12.9. The lowest BCUT2D eigenvalue weighted by Gasteiger charge is -2.02. The van der Waals surface area contributed by atoms with Crippen molar-refractivity contribution < 1.29 is 9.18 Å². The largest absolute Gasteiger partial charge is 0.294 e. The van der Waals surface area contributed by atoms with Crippen LogP contribution < -0.4 is 0 Å². The monoisotopic (exact) mass is 248 g/mol. The van der Waals surface area contributed by atoms with E-state index >= 15 is 0 Å². The van der Waals surface area contributed by atoms with Gasteiger partial charge >= 0.3 is 0 Å². The van der Waals surface area contributed by atoms with Crippen LogP contribution in [0.5, 0.6) is 0 Å². The second kappa shape index (κ2) is 5.11. The fourth-order valence-corrected chi connectivity index (χ4v) is 1.76. The summed E-state index contributed by atoms with van der Waals surface area (Å²) >= 11 is 5.66. The molecule has 86 valence electrons. The van der Waals surface area contributed by atoms with Crippen molar-refractivity contribution in [1.82, 2.24) is 0 Å². The molecule has 0 bridgehead atoms. The van der Waals surface area contributed by atoms with Crippen LogP contribution in [-0.2, 0) is 6.42 Å². The van der Waals surface area contributed by atoms with E-state index < -0.39 is 5.82 Å². The van der Waals surface area contributed by atoms with E-state index in [9.17, 15) is 9.18 Å². The van der Waals surface area contributed by atoms with Gasteiger partial charge in [-0.15, -0.1) is 0 Å². The van der Waals surface area contributed by atoms with Gasteiger partial charge in [0.15, 0.2) is 5.78 Å². The van der Waals surface area contributed by atoms with Crippen molar-refractivity contribution in [3.8, 4) is 0 Å². The molecule has 17 heavy (non-hydrogen) atoms. The molecule has 2 rings (SSSR count). The Morgan fingerprint density at radius 1 is 1.12 bits per heavy atom. The zero-order chi connectivity index (χ0) is 12.3. The van der Waals surface area contributed by atoms with Crippen LogP contribution in [-0.4, -0.2) is 5.78 Å². The molecule has 0 N–H and O–H groups in total. The summed E-state index contributed by atoms with van der Waals surface area (Å²) in [6.07, 6.45) is 0.226. The molecule has 1 nitrogen and oxygen atoms in total. The number of hydrogen-bond donors (Lipinski definition) is 0. The molecule has 0 aliphatic carbocycles. The smallest absolute Gasteiger partial charge is 0.167 e. The van der Waals surface area contributed by atoms with Crippen LogP contribution in [0.25, 0.3) is 0 Å². The summed E-state index contributed by atoms with van der Waals surface area (Å²) in [5.41, 5.74) is 1.36. The molecule has 0 unspecified atom stereocenters. The van der Waals surface area contributed by atoms with Crippen LogP contribution in [0.15, 0.2) is 48.5 Å². The highest BCUT2D eigenvalue weighted by molar-refractivity contribution is 6.30. The van der Waals surface area contributed by atoms with Crippen LogP contribution in [0, 0.1) is 5.82 Å². The second-order valence-corrected chi connectivity index (χ2v) is 4.12. The standard InChI is InChI=1S/C14H10ClFO/c15-12-8-10(6-7-13(12)16)9-14(17)11-4-2-1-3-5-11/h1-8H,9H2. The molecule has 0 saturated heterocycles. The molecule has 0 spiro atoms. The molecular formula is C14H10ClFO. The Bertz CT molecular complexity index is 537. The Balaban J connectivity index is 2.16. The van der Waals surface area contributed by atoms with E-state index in [0.717, 1.165) is 0 Å². The first-order valence-corrected chi connectivity index (χ1v) is 5.57. The van der Waals surface area contributed by atoms with Crippen LogP contribution in [0.2, 0.25) is 5.02 Å². The van der Waals surface area contributed by atoms with Crippen molar-refractivity contribution >= 4 is 17.4 Å². The van der Waals surface area contributed by atoms with Crippen molar-refractivity contribution in [3.63, 3.8) is 0 Å². The van der Waals surface area contributed by atoms with E-state index in [0.29, 0.717) is 11.1 Å². The number of halogens is 2. The molecule has 0 aromatic heterocycles. The first kappa shape index (κ1) is 11.8. The predicted octanol–water partition coefficient (Wildman–Crippen LogP) is 3.90. The highest BCUT2D eigenvalue weighted by Gasteiger charge is 2.08. The summed E-state index contributed by atoms with van der Waals surface area (Å²) in [5, 5.41) is 0.0448. The Morgan fingerprint density at radius 2 is 1.82 bits per heavy atom. The lowest BCUT2D eigenvalue weighted by atomic mass is 10.0. The molecule has 0 amide bonds. The molecule has 0 fully saturated rings. The Kier molecular flexibility index (Phi) is 3.55. The van der Waals surface area contributed by atoms with E-state index in [2.05, 4.69) is 0 Å². The van der Waals surface area contributed by atoms with Crippen LogP contribution >= 0.6 is 11.6 Å². The third kappa shape index (κ3) is 2.92. The van der Waals surface area contributed by atoms with E-state index in [1.807, 2.05) is 18.2 Å². The van der Waals surface area contributed by atoms with E-state index in [1.165, 1.54) is 12.1 Å². The average Bonchev–Trinajstić information content (AvgIpc) is 2.35.